The zero-order valence-electron chi connectivity index (χ0n) is 8.33. The zero-order valence-corrected chi connectivity index (χ0v) is 9.15. The van der Waals surface area contributed by atoms with E-state index in [0.29, 0.717) is 5.13 Å². The summed E-state index contributed by atoms with van der Waals surface area (Å²) in [6, 6.07) is 9.62. The molecule has 1 N–H and O–H groups in total. The van der Waals surface area contributed by atoms with Crippen molar-refractivity contribution in [1.82, 2.24) is 9.36 Å². The first kappa shape index (κ1) is 10.5. The molecule has 1 aromatic heterocycles. The van der Waals surface area contributed by atoms with E-state index < -0.39 is 0 Å². The number of rotatable bonds is 3. The average molecular weight is 231 g/mol. The summed E-state index contributed by atoms with van der Waals surface area (Å²) in [4.78, 5) is 15.3. The van der Waals surface area contributed by atoms with Gasteiger partial charge in [0.1, 0.15) is 6.33 Å². The van der Waals surface area contributed by atoms with E-state index >= 15 is 0 Å². The molecule has 16 heavy (non-hydrogen) atoms. The quantitative estimate of drug-likeness (QED) is 0.824. The number of hydrogen-bond donors (Lipinski definition) is 1. The summed E-state index contributed by atoms with van der Waals surface area (Å²) in [6.45, 7) is 0. The van der Waals surface area contributed by atoms with E-state index in [-0.39, 0.29) is 5.91 Å². The maximum Gasteiger partial charge on any atom is 0.250 e. The number of carbonyl (C=O) groups excluding carboxylic acids is 1. The molecule has 2 rings (SSSR count). The van der Waals surface area contributed by atoms with Crippen molar-refractivity contribution >= 4 is 28.6 Å². The molecule has 0 spiro atoms. The molecule has 2 aromatic rings. The minimum Gasteiger partial charge on any atom is -0.297 e. The molecule has 1 amide bonds. The summed E-state index contributed by atoms with van der Waals surface area (Å²) in [6.07, 6.45) is 4.62. The summed E-state index contributed by atoms with van der Waals surface area (Å²) in [5.74, 6) is -0.208. The van der Waals surface area contributed by atoms with Gasteiger partial charge in [-0.1, -0.05) is 30.3 Å². The molecule has 0 bridgehead atoms. The fraction of sp³-hybridized carbons (Fsp3) is 0. The zero-order chi connectivity index (χ0) is 11.2. The van der Waals surface area contributed by atoms with E-state index in [9.17, 15) is 4.79 Å². The van der Waals surface area contributed by atoms with Crippen LogP contribution < -0.4 is 5.32 Å². The minimum absolute atomic E-state index is 0.208. The standard InChI is InChI=1S/C11H9N3OS/c15-10(14-11-12-8-13-16-11)7-6-9-4-2-1-3-5-9/h1-8H,(H,12,13,14,15)/b7-6+. The van der Waals surface area contributed by atoms with Crippen molar-refractivity contribution in [3.05, 3.63) is 48.3 Å². The molecule has 0 radical (unpaired) electrons. The van der Waals surface area contributed by atoms with Crippen LogP contribution >= 0.6 is 11.5 Å². The molecule has 4 nitrogen and oxygen atoms in total. The number of aromatic nitrogens is 2. The predicted octanol–water partition coefficient (Wildman–Crippen LogP) is 2.19. The van der Waals surface area contributed by atoms with E-state index in [0.717, 1.165) is 17.1 Å². The van der Waals surface area contributed by atoms with Gasteiger partial charge >= 0.3 is 0 Å². The minimum atomic E-state index is -0.208. The summed E-state index contributed by atoms with van der Waals surface area (Å²) in [7, 11) is 0. The SMILES string of the molecule is O=C(/C=C/c1ccccc1)Nc1ncns1. The Bertz CT molecular complexity index is 479. The molecule has 5 heteroatoms. The van der Waals surface area contributed by atoms with Gasteiger partial charge in [-0.25, -0.2) is 4.98 Å². The third-order valence-electron chi connectivity index (χ3n) is 1.82. The molecule has 1 aromatic carbocycles. The number of nitrogens with zero attached hydrogens (tertiary/aromatic N) is 2. The first-order valence-electron chi connectivity index (χ1n) is 4.65. The van der Waals surface area contributed by atoms with Crippen LogP contribution in [0.3, 0.4) is 0 Å². The number of benzene rings is 1. The largest absolute Gasteiger partial charge is 0.297 e. The second kappa shape index (κ2) is 5.18. The average Bonchev–Trinajstić information content (AvgIpc) is 2.81. The molecule has 0 aliphatic rings. The highest BCUT2D eigenvalue weighted by Crippen LogP contribution is 2.07. The number of hydrogen-bond acceptors (Lipinski definition) is 4. The van der Waals surface area contributed by atoms with Crippen LogP contribution in [-0.4, -0.2) is 15.3 Å². The van der Waals surface area contributed by atoms with Gasteiger partial charge in [0.05, 0.1) is 0 Å². The van der Waals surface area contributed by atoms with Crippen LogP contribution in [0.4, 0.5) is 5.13 Å². The predicted molar refractivity (Wildman–Crippen MR) is 64.0 cm³/mol. The van der Waals surface area contributed by atoms with Gasteiger partial charge in [-0.05, 0) is 11.6 Å². The number of carbonyl (C=O) groups is 1. The smallest absolute Gasteiger partial charge is 0.250 e. The summed E-state index contributed by atoms with van der Waals surface area (Å²) >= 11 is 1.15. The molecule has 1 heterocycles. The second-order valence-corrected chi connectivity index (χ2v) is 3.76. The molecular formula is C11H9N3OS. The molecule has 0 unspecified atom stereocenters. The van der Waals surface area contributed by atoms with Crippen molar-refractivity contribution in [3.8, 4) is 0 Å². The van der Waals surface area contributed by atoms with Crippen LogP contribution in [0.1, 0.15) is 5.56 Å². The Morgan fingerprint density at radius 1 is 1.31 bits per heavy atom. The number of nitrogens with one attached hydrogen (secondary N) is 1. The van der Waals surface area contributed by atoms with E-state index in [1.807, 2.05) is 30.3 Å². The fourth-order valence-corrected chi connectivity index (χ4v) is 1.55. The monoisotopic (exact) mass is 231 g/mol. The Hall–Kier alpha value is -2.01. The number of anilines is 1. The highest BCUT2D eigenvalue weighted by atomic mass is 32.1. The van der Waals surface area contributed by atoms with Gasteiger partial charge in [0.25, 0.3) is 0 Å². The Morgan fingerprint density at radius 2 is 2.12 bits per heavy atom. The summed E-state index contributed by atoms with van der Waals surface area (Å²) in [5, 5.41) is 3.11. The van der Waals surface area contributed by atoms with Crippen LogP contribution in [0, 0.1) is 0 Å². The van der Waals surface area contributed by atoms with Gasteiger partial charge in [-0.15, -0.1) is 0 Å². The maximum absolute atomic E-state index is 11.4. The molecule has 0 saturated carbocycles. The highest BCUT2D eigenvalue weighted by Gasteiger charge is 1.99. The van der Waals surface area contributed by atoms with Gasteiger partial charge in [0.2, 0.25) is 11.0 Å². The maximum atomic E-state index is 11.4. The molecule has 0 saturated heterocycles. The first-order valence-corrected chi connectivity index (χ1v) is 5.43. The first-order chi connectivity index (χ1) is 7.84. The van der Waals surface area contributed by atoms with Crippen LogP contribution in [-0.2, 0) is 4.79 Å². The normalized spacial score (nSPS) is 10.5. The molecule has 0 fully saturated rings. The molecule has 0 aliphatic heterocycles. The summed E-state index contributed by atoms with van der Waals surface area (Å²) in [5.41, 5.74) is 0.981. The van der Waals surface area contributed by atoms with Crippen LogP contribution in [0.15, 0.2) is 42.7 Å². The third kappa shape index (κ3) is 2.99. The third-order valence-corrected chi connectivity index (χ3v) is 2.40. The van der Waals surface area contributed by atoms with E-state index in [1.54, 1.807) is 6.08 Å². The molecule has 0 atom stereocenters. The molecule has 80 valence electrons. The topological polar surface area (TPSA) is 54.9 Å². The van der Waals surface area contributed by atoms with Crippen molar-refractivity contribution < 1.29 is 4.79 Å². The Labute approximate surface area is 96.8 Å². The van der Waals surface area contributed by atoms with Crippen molar-refractivity contribution in [2.24, 2.45) is 0 Å². The highest BCUT2D eigenvalue weighted by molar-refractivity contribution is 7.09. The lowest BCUT2D eigenvalue weighted by atomic mass is 10.2. The van der Waals surface area contributed by atoms with Crippen LogP contribution in [0.2, 0.25) is 0 Å². The lowest BCUT2D eigenvalue weighted by Crippen LogP contribution is -2.06. The van der Waals surface area contributed by atoms with Gasteiger partial charge in [-0.3, -0.25) is 10.1 Å². The second-order valence-electron chi connectivity index (χ2n) is 2.98. The molecule has 0 aliphatic carbocycles. The van der Waals surface area contributed by atoms with Crippen molar-refractivity contribution in [2.75, 3.05) is 5.32 Å². The van der Waals surface area contributed by atoms with Crippen molar-refractivity contribution in [1.29, 1.82) is 0 Å². The van der Waals surface area contributed by atoms with E-state index in [1.165, 1.54) is 12.4 Å². The number of amides is 1. The van der Waals surface area contributed by atoms with Gasteiger partial charge < -0.3 is 0 Å². The van der Waals surface area contributed by atoms with Gasteiger partial charge in [-0.2, -0.15) is 4.37 Å². The van der Waals surface area contributed by atoms with Crippen LogP contribution in [0.5, 0.6) is 0 Å². The van der Waals surface area contributed by atoms with E-state index in [2.05, 4.69) is 14.7 Å². The van der Waals surface area contributed by atoms with Crippen molar-refractivity contribution in [2.45, 2.75) is 0 Å². The van der Waals surface area contributed by atoms with Crippen molar-refractivity contribution in [3.63, 3.8) is 0 Å². The Kier molecular flexibility index (Phi) is 3.40. The Morgan fingerprint density at radius 3 is 2.81 bits per heavy atom. The molecular weight excluding hydrogens is 222 g/mol. The van der Waals surface area contributed by atoms with Gasteiger partial charge in [0, 0.05) is 17.6 Å². The summed E-state index contributed by atoms with van der Waals surface area (Å²) < 4.78 is 3.79. The Balaban J connectivity index is 1.95. The lowest BCUT2D eigenvalue weighted by molar-refractivity contribution is -0.111. The van der Waals surface area contributed by atoms with Crippen LogP contribution in [0.25, 0.3) is 6.08 Å². The van der Waals surface area contributed by atoms with Gasteiger partial charge in [0.15, 0.2) is 0 Å². The van der Waals surface area contributed by atoms with E-state index in [4.69, 9.17) is 0 Å². The fourth-order valence-electron chi connectivity index (χ4n) is 1.11. The lowest BCUT2D eigenvalue weighted by Gasteiger charge is -1.94.